The molecule has 1 rings (SSSR count). The van der Waals surface area contributed by atoms with Crippen LogP contribution in [0.2, 0.25) is 0 Å². The molecular weight excluding hydrogens is 254 g/mol. The summed E-state index contributed by atoms with van der Waals surface area (Å²) in [5, 5.41) is 22.9. The van der Waals surface area contributed by atoms with Crippen LogP contribution in [0.25, 0.3) is 0 Å². The van der Waals surface area contributed by atoms with Crippen molar-refractivity contribution in [2.75, 3.05) is 6.61 Å². The zero-order valence-electron chi connectivity index (χ0n) is 13.0. The van der Waals surface area contributed by atoms with E-state index in [1.54, 1.807) is 0 Å². The van der Waals surface area contributed by atoms with Gasteiger partial charge in [0.2, 0.25) is 5.91 Å². The highest BCUT2D eigenvalue weighted by molar-refractivity contribution is 5.77. The molecule has 2 unspecified atom stereocenters. The van der Waals surface area contributed by atoms with E-state index in [-0.39, 0.29) is 30.9 Å². The predicted octanol–water partition coefficient (Wildman–Crippen LogP) is 2.38. The third-order valence-corrected chi connectivity index (χ3v) is 4.41. The Morgan fingerprint density at radius 3 is 2.35 bits per heavy atom. The highest BCUT2D eigenvalue weighted by Crippen LogP contribution is 2.26. The average molecular weight is 285 g/mol. The smallest absolute Gasteiger partial charge is 0.223 e. The van der Waals surface area contributed by atoms with Gasteiger partial charge in [-0.15, -0.1) is 0 Å². The molecule has 0 aromatic rings. The van der Waals surface area contributed by atoms with E-state index in [0.29, 0.717) is 12.8 Å². The van der Waals surface area contributed by atoms with Crippen LogP contribution in [0.15, 0.2) is 0 Å². The first-order valence-corrected chi connectivity index (χ1v) is 8.17. The zero-order chi connectivity index (χ0) is 15.0. The van der Waals surface area contributed by atoms with Gasteiger partial charge in [0.1, 0.15) is 0 Å². The van der Waals surface area contributed by atoms with Crippen molar-refractivity contribution in [1.29, 1.82) is 0 Å². The third-order valence-electron chi connectivity index (χ3n) is 4.41. The van der Waals surface area contributed by atoms with Gasteiger partial charge in [-0.25, -0.2) is 0 Å². The van der Waals surface area contributed by atoms with Crippen LogP contribution in [0.5, 0.6) is 0 Å². The number of carbonyl (C=O) groups excluding carboxylic acids is 1. The summed E-state index contributed by atoms with van der Waals surface area (Å²) >= 11 is 0. The van der Waals surface area contributed by atoms with Crippen LogP contribution in [-0.4, -0.2) is 34.4 Å². The van der Waals surface area contributed by atoms with Gasteiger partial charge < -0.3 is 15.5 Å². The summed E-state index contributed by atoms with van der Waals surface area (Å²) in [4.78, 5) is 12.2. The van der Waals surface area contributed by atoms with Crippen molar-refractivity contribution < 1.29 is 15.0 Å². The molecule has 1 amide bonds. The number of aliphatic hydroxyl groups excluding tert-OH is 1. The second kappa shape index (κ2) is 8.63. The molecule has 0 radical (unpaired) electrons. The molecule has 0 heterocycles. The molecule has 4 heteroatoms. The van der Waals surface area contributed by atoms with Gasteiger partial charge in [0.25, 0.3) is 0 Å². The molecule has 1 fully saturated rings. The summed E-state index contributed by atoms with van der Waals surface area (Å²) in [5.41, 5.74) is -0.864. The maximum absolute atomic E-state index is 12.2. The molecule has 1 aliphatic rings. The summed E-state index contributed by atoms with van der Waals surface area (Å²) in [6, 6.07) is 0.0775. The molecule has 0 aromatic carbocycles. The Kier molecular flexibility index (Phi) is 7.52. The van der Waals surface area contributed by atoms with Crippen molar-refractivity contribution in [3.63, 3.8) is 0 Å². The zero-order valence-corrected chi connectivity index (χ0v) is 13.0. The van der Waals surface area contributed by atoms with Gasteiger partial charge in [-0.05, 0) is 25.7 Å². The average Bonchev–Trinajstić information content (AvgIpc) is 2.39. The minimum atomic E-state index is -0.864. The lowest BCUT2D eigenvalue weighted by Crippen LogP contribution is -2.46. The molecule has 1 saturated carbocycles. The fraction of sp³-hybridized carbons (Fsp3) is 0.938. The lowest BCUT2D eigenvalue weighted by atomic mass is 9.84. The van der Waals surface area contributed by atoms with Gasteiger partial charge in [0.15, 0.2) is 0 Å². The van der Waals surface area contributed by atoms with E-state index >= 15 is 0 Å². The molecule has 0 bridgehead atoms. The first kappa shape index (κ1) is 17.4. The maximum atomic E-state index is 12.2. The lowest BCUT2D eigenvalue weighted by Gasteiger charge is -2.33. The Bertz CT molecular complexity index is 287. The molecule has 0 aromatic heterocycles. The molecule has 0 saturated heterocycles. The predicted molar refractivity (Wildman–Crippen MR) is 80.4 cm³/mol. The second-order valence-electron chi connectivity index (χ2n) is 6.30. The Morgan fingerprint density at radius 1 is 1.20 bits per heavy atom. The normalized spacial score (nSPS) is 23.6. The van der Waals surface area contributed by atoms with Crippen LogP contribution < -0.4 is 5.32 Å². The summed E-state index contributed by atoms with van der Waals surface area (Å²) in [7, 11) is 0. The summed E-state index contributed by atoms with van der Waals surface area (Å²) < 4.78 is 0. The van der Waals surface area contributed by atoms with Crippen LogP contribution in [0.1, 0.15) is 71.6 Å². The molecule has 0 spiro atoms. The quantitative estimate of drug-likeness (QED) is 0.641. The standard InChI is InChI=1S/C16H31NO3/c1-3-9-16(20,10-4-2)11-15(19)17-14-8-6-5-7-13(14)12-18/h13-14,18,20H,3-12H2,1-2H3,(H,17,19). The Balaban J connectivity index is 2.51. The van der Waals surface area contributed by atoms with Crippen LogP contribution in [-0.2, 0) is 4.79 Å². The van der Waals surface area contributed by atoms with Crippen molar-refractivity contribution in [3.8, 4) is 0 Å². The highest BCUT2D eigenvalue weighted by atomic mass is 16.3. The molecule has 2 atom stereocenters. The summed E-state index contributed by atoms with van der Waals surface area (Å²) in [5.74, 6) is 0.109. The van der Waals surface area contributed by atoms with Crippen molar-refractivity contribution >= 4 is 5.91 Å². The maximum Gasteiger partial charge on any atom is 0.223 e. The molecule has 1 aliphatic carbocycles. The van der Waals surface area contributed by atoms with E-state index in [2.05, 4.69) is 5.32 Å². The molecule has 0 aliphatic heterocycles. The van der Waals surface area contributed by atoms with Gasteiger partial charge in [-0.3, -0.25) is 4.79 Å². The topological polar surface area (TPSA) is 69.6 Å². The van der Waals surface area contributed by atoms with Crippen molar-refractivity contribution in [2.24, 2.45) is 5.92 Å². The number of hydrogen-bond acceptors (Lipinski definition) is 3. The number of rotatable bonds is 8. The fourth-order valence-corrected chi connectivity index (χ4v) is 3.41. The van der Waals surface area contributed by atoms with E-state index in [1.807, 2.05) is 13.8 Å². The number of amides is 1. The Labute approximate surface area is 123 Å². The van der Waals surface area contributed by atoms with E-state index in [0.717, 1.165) is 38.5 Å². The Hall–Kier alpha value is -0.610. The third kappa shape index (κ3) is 5.41. The van der Waals surface area contributed by atoms with Crippen LogP contribution >= 0.6 is 0 Å². The lowest BCUT2D eigenvalue weighted by molar-refractivity contribution is -0.128. The summed E-state index contributed by atoms with van der Waals surface area (Å²) in [6.07, 6.45) is 7.45. The molecule has 20 heavy (non-hydrogen) atoms. The monoisotopic (exact) mass is 285 g/mol. The molecule has 4 nitrogen and oxygen atoms in total. The van der Waals surface area contributed by atoms with E-state index in [4.69, 9.17) is 0 Å². The first-order valence-electron chi connectivity index (χ1n) is 8.17. The SMILES string of the molecule is CCCC(O)(CCC)CC(=O)NC1CCCCC1CO. The van der Waals surface area contributed by atoms with E-state index in [9.17, 15) is 15.0 Å². The van der Waals surface area contributed by atoms with Gasteiger partial charge in [0, 0.05) is 18.6 Å². The van der Waals surface area contributed by atoms with E-state index in [1.165, 1.54) is 0 Å². The molecule has 3 N–H and O–H groups in total. The molecule has 118 valence electrons. The van der Waals surface area contributed by atoms with Crippen LogP contribution in [0.4, 0.5) is 0 Å². The number of nitrogens with one attached hydrogen (secondary N) is 1. The summed E-state index contributed by atoms with van der Waals surface area (Å²) in [6.45, 7) is 4.20. The minimum absolute atomic E-state index is 0.0697. The van der Waals surface area contributed by atoms with Crippen LogP contribution in [0.3, 0.4) is 0 Å². The number of carbonyl (C=O) groups is 1. The van der Waals surface area contributed by atoms with Crippen LogP contribution in [0, 0.1) is 5.92 Å². The van der Waals surface area contributed by atoms with Gasteiger partial charge in [0.05, 0.1) is 12.0 Å². The molecular formula is C16H31NO3. The van der Waals surface area contributed by atoms with Crippen molar-refractivity contribution in [2.45, 2.75) is 83.3 Å². The second-order valence-corrected chi connectivity index (χ2v) is 6.30. The fourth-order valence-electron chi connectivity index (χ4n) is 3.41. The van der Waals surface area contributed by atoms with Gasteiger partial charge in [-0.1, -0.05) is 39.5 Å². The number of hydrogen-bond donors (Lipinski definition) is 3. The van der Waals surface area contributed by atoms with Crippen molar-refractivity contribution in [1.82, 2.24) is 5.32 Å². The minimum Gasteiger partial charge on any atom is -0.396 e. The first-order chi connectivity index (χ1) is 9.54. The van der Waals surface area contributed by atoms with Gasteiger partial charge >= 0.3 is 0 Å². The highest BCUT2D eigenvalue weighted by Gasteiger charge is 2.31. The Morgan fingerprint density at radius 2 is 1.80 bits per heavy atom. The number of aliphatic hydroxyl groups is 2. The largest absolute Gasteiger partial charge is 0.396 e. The van der Waals surface area contributed by atoms with E-state index < -0.39 is 5.60 Å². The van der Waals surface area contributed by atoms with Crippen molar-refractivity contribution in [3.05, 3.63) is 0 Å². The van der Waals surface area contributed by atoms with Gasteiger partial charge in [-0.2, -0.15) is 0 Å².